The van der Waals surface area contributed by atoms with Crippen molar-refractivity contribution in [3.63, 3.8) is 0 Å². The van der Waals surface area contributed by atoms with E-state index in [1.807, 2.05) is 4.90 Å². The van der Waals surface area contributed by atoms with E-state index in [1.54, 1.807) is 29.2 Å². The summed E-state index contributed by atoms with van der Waals surface area (Å²) in [5.41, 5.74) is 0. The Balaban J connectivity index is 1.38. The van der Waals surface area contributed by atoms with Crippen LogP contribution in [0.1, 0.15) is 19.3 Å². The standard InChI is InChI=1S/C19H25ClN2O2/c20-17-6-8-18(9-7-17)24-15-19(23)22-12-10-21(11-13-22)14-16-4-2-1-3-5-16/h1-2,6-9,16H,3-5,10-15H2/p+1/t16-/m1/s1. The molecule has 1 amide bonds. The van der Waals surface area contributed by atoms with E-state index in [4.69, 9.17) is 16.3 Å². The quantitative estimate of drug-likeness (QED) is 0.822. The van der Waals surface area contributed by atoms with Crippen LogP contribution in [0.5, 0.6) is 5.75 Å². The van der Waals surface area contributed by atoms with Gasteiger partial charge in [-0.3, -0.25) is 4.79 Å². The van der Waals surface area contributed by atoms with Crippen molar-refractivity contribution < 1.29 is 14.4 Å². The molecule has 4 nitrogen and oxygen atoms in total. The number of carbonyl (C=O) groups is 1. The Morgan fingerprint density at radius 3 is 2.62 bits per heavy atom. The summed E-state index contributed by atoms with van der Waals surface area (Å²) in [6.07, 6.45) is 8.38. The molecule has 1 heterocycles. The largest absolute Gasteiger partial charge is 0.484 e. The number of benzene rings is 1. The molecule has 0 bridgehead atoms. The number of allylic oxidation sites excluding steroid dienone is 2. The van der Waals surface area contributed by atoms with Gasteiger partial charge in [0.25, 0.3) is 5.91 Å². The SMILES string of the molecule is O=C(COc1ccc(Cl)cc1)N1CC[NH+](C[C@@H]2CC=CCC2)CC1. The van der Waals surface area contributed by atoms with Crippen LogP contribution in [-0.4, -0.2) is 50.1 Å². The minimum atomic E-state index is 0.0737. The number of hydrogen-bond donors (Lipinski definition) is 1. The molecule has 0 spiro atoms. The lowest BCUT2D eigenvalue weighted by Gasteiger charge is -2.34. The first kappa shape index (κ1) is 17.3. The van der Waals surface area contributed by atoms with E-state index >= 15 is 0 Å². The molecule has 1 atom stereocenters. The zero-order valence-electron chi connectivity index (χ0n) is 14.0. The van der Waals surface area contributed by atoms with Gasteiger partial charge in [-0.2, -0.15) is 0 Å². The molecule has 1 aromatic rings. The van der Waals surface area contributed by atoms with Crippen LogP contribution in [-0.2, 0) is 4.79 Å². The molecule has 0 saturated carbocycles. The third-order valence-electron chi connectivity index (χ3n) is 4.95. The lowest BCUT2D eigenvalue weighted by atomic mass is 9.94. The van der Waals surface area contributed by atoms with Gasteiger partial charge in [-0.25, -0.2) is 0 Å². The van der Waals surface area contributed by atoms with Gasteiger partial charge in [0, 0.05) is 10.9 Å². The van der Waals surface area contributed by atoms with E-state index in [0.29, 0.717) is 10.8 Å². The highest BCUT2D eigenvalue weighted by atomic mass is 35.5. The zero-order valence-corrected chi connectivity index (χ0v) is 14.8. The smallest absolute Gasteiger partial charge is 0.260 e. The van der Waals surface area contributed by atoms with Gasteiger partial charge in [0.2, 0.25) is 0 Å². The molecule has 0 unspecified atom stereocenters. The fourth-order valence-corrected chi connectivity index (χ4v) is 3.62. The van der Waals surface area contributed by atoms with Crippen LogP contribution in [0.15, 0.2) is 36.4 Å². The van der Waals surface area contributed by atoms with E-state index in [0.717, 1.165) is 32.1 Å². The normalized spacial score (nSPS) is 21.7. The van der Waals surface area contributed by atoms with E-state index in [9.17, 15) is 4.79 Å². The lowest BCUT2D eigenvalue weighted by molar-refractivity contribution is -0.907. The molecule has 24 heavy (non-hydrogen) atoms. The Hall–Kier alpha value is -1.52. The third-order valence-corrected chi connectivity index (χ3v) is 5.21. The molecular formula is C19H26ClN2O2+. The number of ether oxygens (including phenoxy) is 1. The highest BCUT2D eigenvalue weighted by Crippen LogP contribution is 2.16. The van der Waals surface area contributed by atoms with E-state index < -0.39 is 0 Å². The van der Waals surface area contributed by atoms with Crippen molar-refractivity contribution in [1.29, 1.82) is 0 Å². The Bertz CT molecular complexity index is 565. The number of nitrogens with zero attached hydrogens (tertiary/aromatic N) is 1. The molecule has 0 radical (unpaired) electrons. The number of rotatable bonds is 5. The van der Waals surface area contributed by atoms with Crippen molar-refractivity contribution in [2.75, 3.05) is 39.3 Å². The second kappa shape index (κ2) is 8.54. The van der Waals surface area contributed by atoms with Crippen LogP contribution in [0.25, 0.3) is 0 Å². The number of nitrogens with one attached hydrogen (secondary N) is 1. The van der Waals surface area contributed by atoms with Crippen LogP contribution in [0.2, 0.25) is 5.02 Å². The summed E-state index contributed by atoms with van der Waals surface area (Å²) < 4.78 is 5.56. The number of halogens is 1. The summed E-state index contributed by atoms with van der Waals surface area (Å²) in [6.45, 7) is 5.11. The monoisotopic (exact) mass is 349 g/mol. The van der Waals surface area contributed by atoms with Crippen molar-refractivity contribution >= 4 is 17.5 Å². The van der Waals surface area contributed by atoms with Crippen molar-refractivity contribution in [3.8, 4) is 5.75 Å². The van der Waals surface area contributed by atoms with Gasteiger partial charge in [0.15, 0.2) is 6.61 Å². The fourth-order valence-electron chi connectivity index (χ4n) is 3.49. The average Bonchev–Trinajstić information content (AvgIpc) is 2.62. The van der Waals surface area contributed by atoms with E-state index in [1.165, 1.54) is 25.8 Å². The van der Waals surface area contributed by atoms with Crippen LogP contribution in [0.4, 0.5) is 0 Å². The van der Waals surface area contributed by atoms with Gasteiger partial charge >= 0.3 is 0 Å². The van der Waals surface area contributed by atoms with Crippen molar-refractivity contribution in [2.45, 2.75) is 19.3 Å². The summed E-state index contributed by atoms with van der Waals surface area (Å²) in [7, 11) is 0. The number of carbonyl (C=O) groups excluding carboxylic acids is 1. The molecule has 3 rings (SSSR count). The predicted octanol–water partition coefficient (Wildman–Crippen LogP) is 1.80. The second-order valence-electron chi connectivity index (χ2n) is 6.73. The molecule has 130 valence electrons. The van der Waals surface area contributed by atoms with Crippen LogP contribution in [0.3, 0.4) is 0 Å². The molecule has 1 saturated heterocycles. The van der Waals surface area contributed by atoms with Gasteiger partial charge < -0.3 is 14.5 Å². The van der Waals surface area contributed by atoms with Crippen molar-refractivity contribution in [1.82, 2.24) is 4.90 Å². The van der Waals surface area contributed by atoms with Gasteiger partial charge in [-0.1, -0.05) is 23.8 Å². The van der Waals surface area contributed by atoms with Gasteiger partial charge in [0.05, 0.1) is 32.7 Å². The highest BCUT2D eigenvalue weighted by Gasteiger charge is 2.26. The maximum Gasteiger partial charge on any atom is 0.260 e. The molecule has 1 aliphatic carbocycles. The molecule has 1 aromatic carbocycles. The summed E-state index contributed by atoms with van der Waals surface area (Å²) in [5.74, 6) is 1.58. The van der Waals surface area contributed by atoms with Crippen LogP contribution >= 0.6 is 11.6 Å². The third kappa shape index (κ3) is 4.99. The summed E-state index contributed by atoms with van der Waals surface area (Å²) >= 11 is 5.84. The number of piperazine rings is 1. The first-order chi connectivity index (χ1) is 11.7. The molecule has 0 aromatic heterocycles. The predicted molar refractivity (Wildman–Crippen MR) is 95.6 cm³/mol. The zero-order chi connectivity index (χ0) is 16.8. The van der Waals surface area contributed by atoms with Crippen molar-refractivity contribution in [2.24, 2.45) is 5.92 Å². The first-order valence-electron chi connectivity index (χ1n) is 8.85. The van der Waals surface area contributed by atoms with Gasteiger partial charge in [-0.05, 0) is 43.5 Å². The highest BCUT2D eigenvalue weighted by molar-refractivity contribution is 6.30. The molecule has 2 aliphatic rings. The molecule has 5 heteroatoms. The van der Waals surface area contributed by atoms with Crippen LogP contribution in [0, 0.1) is 5.92 Å². The maximum atomic E-state index is 12.3. The Kier molecular flexibility index (Phi) is 6.16. The summed E-state index contributed by atoms with van der Waals surface area (Å²) in [6, 6.07) is 7.11. The Morgan fingerprint density at radius 2 is 1.96 bits per heavy atom. The molecule has 1 fully saturated rings. The number of amides is 1. The summed E-state index contributed by atoms with van der Waals surface area (Å²) in [5, 5.41) is 0.668. The molecular weight excluding hydrogens is 324 g/mol. The first-order valence-corrected chi connectivity index (χ1v) is 9.23. The Morgan fingerprint density at radius 1 is 1.21 bits per heavy atom. The Labute approximate surface area is 149 Å². The minimum absolute atomic E-state index is 0.0737. The van der Waals surface area contributed by atoms with Crippen molar-refractivity contribution in [3.05, 3.63) is 41.4 Å². The average molecular weight is 350 g/mol. The maximum absolute atomic E-state index is 12.3. The number of quaternary nitrogens is 1. The minimum Gasteiger partial charge on any atom is -0.484 e. The van der Waals surface area contributed by atoms with E-state index in [2.05, 4.69) is 12.2 Å². The fraction of sp³-hybridized carbons (Fsp3) is 0.526. The lowest BCUT2D eigenvalue weighted by Crippen LogP contribution is -3.15. The van der Waals surface area contributed by atoms with Crippen LogP contribution < -0.4 is 9.64 Å². The van der Waals surface area contributed by atoms with E-state index in [-0.39, 0.29) is 12.5 Å². The topological polar surface area (TPSA) is 34.0 Å². The molecule has 1 N–H and O–H groups in total. The van der Waals surface area contributed by atoms with Gasteiger partial charge in [-0.15, -0.1) is 0 Å². The molecule has 1 aliphatic heterocycles. The van der Waals surface area contributed by atoms with Gasteiger partial charge in [0.1, 0.15) is 5.75 Å². The second-order valence-corrected chi connectivity index (χ2v) is 7.16. The number of hydrogen-bond acceptors (Lipinski definition) is 2. The summed E-state index contributed by atoms with van der Waals surface area (Å²) in [4.78, 5) is 15.9.